The number of halogens is 1. The smallest absolute Gasteiger partial charge is 0.407 e. The SMILES string of the molecule is CC(C)(C)OC(=O)NCCCCCN1CC(Br)CC1=O. The summed E-state index contributed by atoms with van der Waals surface area (Å²) in [6.07, 6.45) is 3.11. The summed E-state index contributed by atoms with van der Waals surface area (Å²) in [6, 6.07) is 0. The quantitative estimate of drug-likeness (QED) is 0.593. The van der Waals surface area contributed by atoms with Crippen molar-refractivity contribution in [3.63, 3.8) is 0 Å². The van der Waals surface area contributed by atoms with Crippen molar-refractivity contribution in [3.8, 4) is 0 Å². The third kappa shape index (κ3) is 7.12. The third-order valence-corrected chi connectivity index (χ3v) is 3.55. The lowest BCUT2D eigenvalue weighted by Gasteiger charge is -2.19. The van der Waals surface area contributed by atoms with Gasteiger partial charge >= 0.3 is 6.09 Å². The van der Waals surface area contributed by atoms with Crippen LogP contribution < -0.4 is 5.32 Å². The number of nitrogens with zero attached hydrogens (tertiary/aromatic N) is 1. The number of hydrogen-bond donors (Lipinski definition) is 1. The topological polar surface area (TPSA) is 58.6 Å². The molecule has 1 N–H and O–H groups in total. The molecule has 0 aromatic carbocycles. The van der Waals surface area contributed by atoms with Crippen molar-refractivity contribution in [3.05, 3.63) is 0 Å². The molecule has 5 nitrogen and oxygen atoms in total. The van der Waals surface area contributed by atoms with E-state index < -0.39 is 5.60 Å². The molecular formula is C14H25BrN2O3. The van der Waals surface area contributed by atoms with Gasteiger partial charge in [0.05, 0.1) is 0 Å². The second kappa shape index (κ2) is 7.86. The van der Waals surface area contributed by atoms with Gasteiger partial charge in [0.15, 0.2) is 0 Å². The molecule has 0 aliphatic carbocycles. The number of likely N-dealkylation sites (tertiary alicyclic amines) is 1. The Hall–Kier alpha value is -0.780. The predicted octanol–water partition coefficient (Wildman–Crippen LogP) is 2.68. The Morgan fingerprint density at radius 1 is 1.40 bits per heavy atom. The number of nitrogens with one attached hydrogen (secondary N) is 1. The average Bonchev–Trinajstić information content (AvgIpc) is 2.60. The zero-order chi connectivity index (χ0) is 15.2. The van der Waals surface area contributed by atoms with Gasteiger partial charge in [0.1, 0.15) is 5.60 Å². The second-order valence-corrected chi connectivity index (χ2v) is 7.43. The fourth-order valence-electron chi connectivity index (χ4n) is 2.05. The van der Waals surface area contributed by atoms with Crippen LogP contribution in [-0.4, -0.2) is 47.0 Å². The van der Waals surface area contributed by atoms with Gasteiger partial charge in [-0.15, -0.1) is 0 Å². The molecule has 0 radical (unpaired) electrons. The first-order valence-corrected chi connectivity index (χ1v) is 8.08. The van der Waals surface area contributed by atoms with E-state index in [1.54, 1.807) is 0 Å². The van der Waals surface area contributed by atoms with Crippen molar-refractivity contribution >= 4 is 27.9 Å². The molecule has 1 aliphatic rings. The van der Waals surface area contributed by atoms with E-state index in [9.17, 15) is 9.59 Å². The summed E-state index contributed by atoms with van der Waals surface area (Å²) in [7, 11) is 0. The number of unbranched alkanes of at least 4 members (excludes halogenated alkanes) is 2. The molecule has 0 bridgehead atoms. The van der Waals surface area contributed by atoms with Crippen LogP contribution >= 0.6 is 15.9 Å². The fourth-order valence-corrected chi connectivity index (χ4v) is 2.68. The zero-order valence-electron chi connectivity index (χ0n) is 12.6. The minimum atomic E-state index is -0.452. The first-order chi connectivity index (χ1) is 9.28. The molecule has 0 spiro atoms. The monoisotopic (exact) mass is 348 g/mol. The van der Waals surface area contributed by atoms with Gasteiger partial charge in [0.2, 0.25) is 5.91 Å². The summed E-state index contributed by atoms with van der Waals surface area (Å²) < 4.78 is 5.14. The maximum Gasteiger partial charge on any atom is 0.407 e. The standard InChI is InChI=1S/C14H25BrN2O3/c1-14(2,3)20-13(19)16-7-5-4-6-8-17-10-11(15)9-12(17)18/h11H,4-10H2,1-3H3,(H,16,19). The number of amides is 2. The van der Waals surface area contributed by atoms with Gasteiger partial charge in [0.25, 0.3) is 0 Å². The van der Waals surface area contributed by atoms with Gasteiger partial charge in [-0.25, -0.2) is 4.79 Å². The summed E-state index contributed by atoms with van der Waals surface area (Å²) in [6.45, 7) is 7.77. The van der Waals surface area contributed by atoms with Gasteiger partial charge in [-0.2, -0.15) is 0 Å². The van der Waals surface area contributed by atoms with Crippen molar-refractivity contribution in [1.29, 1.82) is 0 Å². The second-order valence-electron chi connectivity index (χ2n) is 6.13. The Labute approximate surface area is 129 Å². The highest BCUT2D eigenvalue weighted by molar-refractivity contribution is 9.09. The highest BCUT2D eigenvalue weighted by Gasteiger charge is 2.26. The van der Waals surface area contributed by atoms with E-state index in [-0.39, 0.29) is 12.0 Å². The van der Waals surface area contributed by atoms with Crippen molar-refractivity contribution in [2.75, 3.05) is 19.6 Å². The van der Waals surface area contributed by atoms with Crippen LogP contribution in [0.5, 0.6) is 0 Å². The average molecular weight is 349 g/mol. The first-order valence-electron chi connectivity index (χ1n) is 7.16. The fraction of sp³-hybridized carbons (Fsp3) is 0.857. The molecule has 20 heavy (non-hydrogen) atoms. The van der Waals surface area contributed by atoms with Crippen molar-refractivity contribution < 1.29 is 14.3 Å². The number of carbonyl (C=O) groups excluding carboxylic acids is 2. The first kappa shape index (κ1) is 17.3. The highest BCUT2D eigenvalue weighted by Crippen LogP contribution is 2.18. The Balaban J connectivity index is 2.00. The number of carbonyl (C=O) groups is 2. The Kier molecular flexibility index (Phi) is 6.79. The molecule has 116 valence electrons. The van der Waals surface area contributed by atoms with Crippen LogP contribution in [0, 0.1) is 0 Å². The molecule has 6 heteroatoms. The van der Waals surface area contributed by atoms with Crippen LogP contribution in [0.1, 0.15) is 46.5 Å². The molecular weight excluding hydrogens is 324 g/mol. The molecule has 2 amide bonds. The molecule has 0 saturated carbocycles. The van der Waals surface area contributed by atoms with E-state index in [4.69, 9.17) is 4.74 Å². The van der Waals surface area contributed by atoms with Crippen LogP contribution in [0.25, 0.3) is 0 Å². The third-order valence-electron chi connectivity index (χ3n) is 2.94. The normalized spacial score (nSPS) is 19.3. The van der Waals surface area contributed by atoms with Crippen LogP contribution in [-0.2, 0) is 9.53 Å². The van der Waals surface area contributed by atoms with E-state index in [2.05, 4.69) is 21.2 Å². The van der Waals surface area contributed by atoms with Crippen LogP contribution in [0.15, 0.2) is 0 Å². The molecule has 1 heterocycles. The van der Waals surface area contributed by atoms with Crippen LogP contribution in [0.3, 0.4) is 0 Å². The molecule has 1 fully saturated rings. The van der Waals surface area contributed by atoms with E-state index >= 15 is 0 Å². The predicted molar refractivity (Wildman–Crippen MR) is 82.0 cm³/mol. The number of alkyl halides is 1. The molecule has 1 unspecified atom stereocenters. The number of ether oxygens (including phenoxy) is 1. The molecule has 0 aromatic heterocycles. The summed E-state index contributed by atoms with van der Waals surface area (Å²) in [5.74, 6) is 0.235. The molecule has 0 aromatic rings. The molecule has 1 aliphatic heterocycles. The lowest BCUT2D eigenvalue weighted by atomic mass is 10.2. The zero-order valence-corrected chi connectivity index (χ0v) is 14.2. The highest BCUT2D eigenvalue weighted by atomic mass is 79.9. The summed E-state index contributed by atoms with van der Waals surface area (Å²) in [5.41, 5.74) is -0.452. The van der Waals surface area contributed by atoms with E-state index in [1.165, 1.54) is 0 Å². The van der Waals surface area contributed by atoms with E-state index in [1.807, 2.05) is 25.7 Å². The summed E-state index contributed by atoms with van der Waals surface area (Å²) >= 11 is 3.47. The van der Waals surface area contributed by atoms with Crippen molar-refractivity contribution in [2.45, 2.75) is 56.9 Å². The Bertz CT molecular complexity index is 342. The maximum atomic E-state index is 11.5. The number of rotatable bonds is 6. The van der Waals surface area contributed by atoms with Gasteiger partial charge in [-0.1, -0.05) is 15.9 Å². The van der Waals surface area contributed by atoms with Gasteiger partial charge in [-0.3, -0.25) is 4.79 Å². The summed E-state index contributed by atoms with van der Waals surface area (Å²) in [4.78, 5) is 25.1. The van der Waals surface area contributed by atoms with E-state index in [0.29, 0.717) is 17.8 Å². The Morgan fingerprint density at radius 3 is 2.65 bits per heavy atom. The lowest BCUT2D eigenvalue weighted by molar-refractivity contribution is -0.127. The van der Waals surface area contributed by atoms with E-state index in [0.717, 1.165) is 32.4 Å². The Morgan fingerprint density at radius 2 is 2.10 bits per heavy atom. The van der Waals surface area contributed by atoms with Crippen LogP contribution in [0.4, 0.5) is 4.79 Å². The minimum absolute atomic E-state index is 0.235. The summed E-state index contributed by atoms with van der Waals surface area (Å²) in [5, 5.41) is 2.73. The van der Waals surface area contributed by atoms with Crippen LogP contribution in [0.2, 0.25) is 0 Å². The van der Waals surface area contributed by atoms with Crippen molar-refractivity contribution in [1.82, 2.24) is 10.2 Å². The van der Waals surface area contributed by atoms with Gasteiger partial charge in [0, 0.05) is 30.9 Å². The minimum Gasteiger partial charge on any atom is -0.444 e. The maximum absolute atomic E-state index is 11.5. The van der Waals surface area contributed by atoms with Gasteiger partial charge in [-0.05, 0) is 40.0 Å². The molecule has 1 atom stereocenters. The number of hydrogen-bond acceptors (Lipinski definition) is 3. The molecule has 1 saturated heterocycles. The largest absolute Gasteiger partial charge is 0.444 e. The van der Waals surface area contributed by atoms with Gasteiger partial charge < -0.3 is 15.0 Å². The number of alkyl carbamates (subject to hydrolysis) is 1. The lowest BCUT2D eigenvalue weighted by Crippen LogP contribution is -2.33. The van der Waals surface area contributed by atoms with Crippen molar-refractivity contribution in [2.24, 2.45) is 0 Å². The molecule has 1 rings (SSSR count).